The molecule has 0 amide bonds. The van der Waals surface area contributed by atoms with Gasteiger partial charge in [-0.15, -0.1) is 11.8 Å². The lowest BCUT2D eigenvalue weighted by atomic mass is 10.6. The summed E-state index contributed by atoms with van der Waals surface area (Å²) in [5, 5.41) is 2.27. The van der Waals surface area contributed by atoms with Crippen LogP contribution in [0.15, 0.2) is 11.5 Å². The molecular weight excluding hydrogens is 248 g/mol. The molecule has 1 aliphatic heterocycles. The molecule has 4 heteroatoms. The van der Waals surface area contributed by atoms with Crippen LogP contribution in [0.1, 0.15) is 6.42 Å². The Morgan fingerprint density at radius 2 is 1.43 bits per heavy atom. The fourth-order valence-corrected chi connectivity index (χ4v) is 5.00. The van der Waals surface area contributed by atoms with Crippen molar-refractivity contribution in [2.45, 2.75) is 6.42 Å². The molecule has 0 radical (unpaired) electrons. The molecule has 0 spiro atoms. The van der Waals surface area contributed by atoms with Crippen molar-refractivity contribution in [2.24, 2.45) is 0 Å². The molecule has 0 aromatic carbocycles. The average molecular weight is 267 g/mol. The van der Waals surface area contributed by atoms with Crippen molar-refractivity contribution < 1.29 is 0 Å². The summed E-state index contributed by atoms with van der Waals surface area (Å²) in [6, 6.07) is 0. The van der Waals surface area contributed by atoms with Crippen LogP contribution in [-0.4, -0.2) is 40.3 Å². The molecule has 0 aromatic rings. The lowest BCUT2D eigenvalue weighted by Crippen LogP contribution is -1.92. The minimum absolute atomic E-state index is 1.20. The number of thioether (sulfide) groups is 4. The number of rotatable bonds is 0. The topological polar surface area (TPSA) is 0 Å². The maximum absolute atomic E-state index is 2.30. The lowest BCUT2D eigenvalue weighted by molar-refractivity contribution is 1.12. The summed E-state index contributed by atoms with van der Waals surface area (Å²) in [6.45, 7) is 0. The van der Waals surface area contributed by atoms with Gasteiger partial charge in [-0.05, 0) is 23.3 Å². The molecule has 0 aromatic heterocycles. The van der Waals surface area contributed by atoms with E-state index in [0.717, 1.165) is 0 Å². The quantitative estimate of drug-likeness (QED) is 0.653. The summed E-state index contributed by atoms with van der Waals surface area (Å²) in [7, 11) is 0. The molecule has 0 saturated carbocycles. The first-order valence-corrected chi connectivity index (χ1v) is 9.51. The third-order valence-corrected chi connectivity index (χ3v) is 6.10. The number of hydrogen-bond donors (Lipinski definition) is 0. The van der Waals surface area contributed by atoms with Crippen LogP contribution in [0, 0.1) is 0 Å². The molecule has 0 nitrogen and oxygen atoms in total. The standard InChI is InChI=1S/C10H18S4/c1-3-11-7-9-13-5-2-6-14-10-8-12-4-1/h1,3H,2,4-10H2/b3-1+. The zero-order valence-corrected chi connectivity index (χ0v) is 11.7. The zero-order chi connectivity index (χ0) is 9.90. The van der Waals surface area contributed by atoms with Crippen molar-refractivity contribution in [3.63, 3.8) is 0 Å². The first kappa shape index (κ1) is 13.2. The van der Waals surface area contributed by atoms with E-state index in [1.165, 1.54) is 46.7 Å². The molecule has 1 aliphatic rings. The maximum Gasteiger partial charge on any atom is 0.0121 e. The second-order valence-electron chi connectivity index (χ2n) is 2.90. The van der Waals surface area contributed by atoms with Gasteiger partial charge in [-0.2, -0.15) is 35.3 Å². The highest BCUT2D eigenvalue weighted by atomic mass is 32.2. The fourth-order valence-electron chi connectivity index (χ4n) is 1.02. The smallest absolute Gasteiger partial charge is 0.0121 e. The normalized spacial score (nSPS) is 25.1. The van der Waals surface area contributed by atoms with Crippen molar-refractivity contribution >= 4 is 47.0 Å². The van der Waals surface area contributed by atoms with Gasteiger partial charge in [-0.25, -0.2) is 0 Å². The fraction of sp³-hybridized carbons (Fsp3) is 0.800. The summed E-state index contributed by atoms with van der Waals surface area (Å²) in [5.41, 5.74) is 0. The van der Waals surface area contributed by atoms with Crippen molar-refractivity contribution in [3.05, 3.63) is 11.5 Å². The maximum atomic E-state index is 2.30. The van der Waals surface area contributed by atoms with E-state index in [4.69, 9.17) is 0 Å². The van der Waals surface area contributed by atoms with E-state index in [1.807, 2.05) is 11.8 Å². The lowest BCUT2D eigenvalue weighted by Gasteiger charge is -2.03. The summed E-state index contributed by atoms with van der Waals surface area (Å²) in [6.07, 6.45) is 3.69. The largest absolute Gasteiger partial charge is 0.161 e. The highest BCUT2D eigenvalue weighted by Gasteiger charge is 1.93. The predicted molar refractivity (Wildman–Crippen MR) is 78.2 cm³/mol. The Bertz CT molecular complexity index is 131. The van der Waals surface area contributed by atoms with Crippen molar-refractivity contribution in [3.8, 4) is 0 Å². The van der Waals surface area contributed by atoms with E-state index in [1.54, 1.807) is 0 Å². The summed E-state index contributed by atoms with van der Waals surface area (Å²) >= 11 is 8.24. The molecule has 1 heterocycles. The first-order valence-electron chi connectivity index (χ1n) is 5.00. The van der Waals surface area contributed by atoms with E-state index in [2.05, 4.69) is 46.8 Å². The number of hydrogen-bond acceptors (Lipinski definition) is 4. The molecule has 0 bridgehead atoms. The Labute approximate surface area is 105 Å². The van der Waals surface area contributed by atoms with Crippen LogP contribution in [0.5, 0.6) is 0 Å². The Balaban J connectivity index is 2.09. The molecule has 0 N–H and O–H groups in total. The minimum atomic E-state index is 1.20. The van der Waals surface area contributed by atoms with E-state index in [-0.39, 0.29) is 0 Å². The van der Waals surface area contributed by atoms with Crippen LogP contribution in [-0.2, 0) is 0 Å². The second kappa shape index (κ2) is 10.7. The van der Waals surface area contributed by atoms with Crippen LogP contribution in [0.4, 0.5) is 0 Å². The van der Waals surface area contributed by atoms with Crippen LogP contribution >= 0.6 is 47.0 Å². The van der Waals surface area contributed by atoms with E-state index >= 15 is 0 Å². The molecule has 0 fully saturated rings. The predicted octanol–water partition coefficient (Wildman–Crippen LogP) is 3.84. The highest BCUT2D eigenvalue weighted by molar-refractivity contribution is 8.05. The van der Waals surface area contributed by atoms with Gasteiger partial charge in [0.15, 0.2) is 0 Å². The van der Waals surface area contributed by atoms with Crippen molar-refractivity contribution in [1.29, 1.82) is 0 Å². The molecule has 0 saturated heterocycles. The SMILES string of the molecule is C1=C/SCCSCCCSCCSC/1. The second-order valence-corrected chi connectivity index (χ2v) is 7.51. The van der Waals surface area contributed by atoms with Crippen LogP contribution < -0.4 is 0 Å². The van der Waals surface area contributed by atoms with Crippen molar-refractivity contribution in [1.82, 2.24) is 0 Å². The van der Waals surface area contributed by atoms with Crippen molar-refractivity contribution in [2.75, 3.05) is 40.3 Å². The molecular formula is C10H18S4. The highest BCUT2D eigenvalue weighted by Crippen LogP contribution is 2.14. The first-order chi connectivity index (χ1) is 7.00. The summed E-state index contributed by atoms with van der Waals surface area (Å²) in [5.74, 6) is 9.14. The Kier molecular flexibility index (Phi) is 10.0. The average Bonchev–Trinajstić information content (AvgIpc) is 2.22. The summed E-state index contributed by atoms with van der Waals surface area (Å²) in [4.78, 5) is 0. The third kappa shape index (κ3) is 8.45. The molecule has 82 valence electrons. The Hall–Kier alpha value is 1.14. The summed E-state index contributed by atoms with van der Waals surface area (Å²) < 4.78 is 0. The monoisotopic (exact) mass is 266 g/mol. The van der Waals surface area contributed by atoms with Gasteiger partial charge in [0.25, 0.3) is 0 Å². The van der Waals surface area contributed by atoms with Gasteiger partial charge < -0.3 is 0 Å². The van der Waals surface area contributed by atoms with Gasteiger partial charge in [0.1, 0.15) is 0 Å². The van der Waals surface area contributed by atoms with Gasteiger partial charge in [-0.3, -0.25) is 0 Å². The van der Waals surface area contributed by atoms with Gasteiger partial charge >= 0.3 is 0 Å². The molecule has 0 aliphatic carbocycles. The van der Waals surface area contributed by atoms with E-state index in [0.29, 0.717) is 0 Å². The van der Waals surface area contributed by atoms with Crippen LogP contribution in [0.3, 0.4) is 0 Å². The zero-order valence-electron chi connectivity index (χ0n) is 8.44. The van der Waals surface area contributed by atoms with Crippen LogP contribution in [0.25, 0.3) is 0 Å². The van der Waals surface area contributed by atoms with E-state index in [9.17, 15) is 0 Å². The Morgan fingerprint density at radius 1 is 0.714 bits per heavy atom. The van der Waals surface area contributed by atoms with Crippen LogP contribution in [0.2, 0.25) is 0 Å². The van der Waals surface area contributed by atoms with Gasteiger partial charge in [0.2, 0.25) is 0 Å². The molecule has 0 unspecified atom stereocenters. The molecule has 14 heavy (non-hydrogen) atoms. The molecule has 1 rings (SSSR count). The Morgan fingerprint density at radius 3 is 2.29 bits per heavy atom. The van der Waals surface area contributed by atoms with E-state index < -0.39 is 0 Å². The third-order valence-electron chi connectivity index (χ3n) is 1.70. The van der Waals surface area contributed by atoms with Gasteiger partial charge in [0, 0.05) is 28.8 Å². The minimum Gasteiger partial charge on any atom is -0.161 e. The van der Waals surface area contributed by atoms with Gasteiger partial charge in [-0.1, -0.05) is 6.08 Å². The molecule has 0 atom stereocenters. The van der Waals surface area contributed by atoms with Gasteiger partial charge in [0.05, 0.1) is 0 Å².